The van der Waals surface area contributed by atoms with Gasteiger partial charge in [-0.3, -0.25) is 9.59 Å². The molecule has 0 radical (unpaired) electrons. The Morgan fingerprint density at radius 2 is 1.84 bits per heavy atom. The molecule has 0 N–H and O–H groups in total. The quantitative estimate of drug-likeness (QED) is 0.455. The van der Waals surface area contributed by atoms with Gasteiger partial charge in [0.25, 0.3) is 0 Å². The van der Waals surface area contributed by atoms with Crippen molar-refractivity contribution < 1.29 is 14.3 Å². The third-order valence-corrected chi connectivity index (χ3v) is 9.44. The second kappa shape index (κ2) is 6.07. The van der Waals surface area contributed by atoms with Gasteiger partial charge in [0.1, 0.15) is 6.10 Å². The second-order valence-electron chi connectivity index (χ2n) is 9.69. The van der Waals surface area contributed by atoms with E-state index in [1.807, 2.05) is 0 Å². The maximum atomic E-state index is 12.7. The first kappa shape index (κ1) is 18.0. The summed E-state index contributed by atoms with van der Waals surface area (Å²) in [5.41, 5.74) is 0.280. The van der Waals surface area contributed by atoms with E-state index in [4.69, 9.17) is 4.74 Å². The van der Waals surface area contributed by atoms with E-state index in [-0.39, 0.29) is 22.3 Å². The van der Waals surface area contributed by atoms with Gasteiger partial charge >= 0.3 is 5.97 Å². The van der Waals surface area contributed by atoms with E-state index < -0.39 is 0 Å². The maximum absolute atomic E-state index is 12.7. The van der Waals surface area contributed by atoms with Crippen LogP contribution in [0.3, 0.4) is 0 Å². The molecule has 140 valence electrons. The molecular weight excluding hydrogens is 380 g/mol. The highest BCUT2D eigenvalue weighted by Crippen LogP contribution is 2.66. The number of fused-ring (bicyclic) bond motifs is 5. The zero-order chi connectivity index (χ0) is 18.0. The lowest BCUT2D eigenvalue weighted by Crippen LogP contribution is -2.54. The van der Waals surface area contributed by atoms with Crippen LogP contribution in [0.1, 0.15) is 72.1 Å². The van der Waals surface area contributed by atoms with Crippen molar-refractivity contribution in [2.75, 3.05) is 0 Å². The van der Waals surface area contributed by atoms with Crippen LogP contribution in [0.5, 0.6) is 0 Å². The molecule has 0 bridgehead atoms. The highest BCUT2D eigenvalue weighted by Gasteiger charge is 2.62. The summed E-state index contributed by atoms with van der Waals surface area (Å²) in [7, 11) is 0. The van der Waals surface area contributed by atoms with E-state index in [2.05, 4.69) is 29.8 Å². The largest absolute Gasteiger partial charge is 0.463 e. The molecule has 4 rings (SSSR count). The number of carbonyl (C=O) groups excluding carboxylic acids is 2. The average molecular weight is 411 g/mol. The molecule has 25 heavy (non-hydrogen) atoms. The van der Waals surface area contributed by atoms with Crippen LogP contribution < -0.4 is 0 Å². The Hall–Kier alpha value is -0.380. The van der Waals surface area contributed by atoms with Crippen LogP contribution in [0, 0.1) is 34.5 Å². The summed E-state index contributed by atoms with van der Waals surface area (Å²) in [6.45, 7) is 6.27. The van der Waals surface area contributed by atoms with Crippen molar-refractivity contribution in [1.29, 1.82) is 0 Å². The highest BCUT2D eigenvalue weighted by atomic mass is 79.9. The Bertz CT molecular complexity index is 590. The van der Waals surface area contributed by atoms with E-state index in [0.29, 0.717) is 29.0 Å². The fraction of sp³-hybridized carbons (Fsp3) is 0.905. The monoisotopic (exact) mass is 410 g/mol. The van der Waals surface area contributed by atoms with Crippen LogP contribution in [0.4, 0.5) is 0 Å². The molecule has 0 spiro atoms. The number of ketones is 1. The van der Waals surface area contributed by atoms with Crippen molar-refractivity contribution in [1.82, 2.24) is 0 Å². The first-order valence-electron chi connectivity index (χ1n) is 10.1. The molecule has 4 aliphatic rings. The lowest BCUT2D eigenvalue weighted by molar-refractivity contribution is -0.160. The van der Waals surface area contributed by atoms with Gasteiger partial charge in [-0.15, -0.1) is 0 Å². The highest BCUT2D eigenvalue weighted by molar-refractivity contribution is 9.10. The molecule has 0 heterocycles. The minimum Gasteiger partial charge on any atom is -0.463 e. The van der Waals surface area contributed by atoms with Crippen molar-refractivity contribution in [2.45, 2.75) is 83.1 Å². The van der Waals surface area contributed by atoms with Gasteiger partial charge in [0, 0.05) is 12.3 Å². The summed E-state index contributed by atoms with van der Waals surface area (Å²) in [6.07, 6.45) is 9.15. The van der Waals surface area contributed by atoms with Crippen molar-refractivity contribution in [2.24, 2.45) is 34.5 Å². The van der Waals surface area contributed by atoms with Gasteiger partial charge in [-0.05, 0) is 80.5 Å². The predicted molar refractivity (Wildman–Crippen MR) is 100 cm³/mol. The molecule has 0 saturated heterocycles. The van der Waals surface area contributed by atoms with Crippen LogP contribution >= 0.6 is 15.9 Å². The second-order valence-corrected chi connectivity index (χ2v) is 10.8. The standard InChI is InChI=1S/C21H31BrO3/c1-12(23)25-14-6-8-20(2)13(10-14)4-5-15-16(20)7-9-21(3)17(15)11-18(22)19(21)24/h13-18H,4-11H2,1-3H3/t13-,14-,15+,16-,17-,18-,20-,21-/m0/s1. The van der Waals surface area contributed by atoms with Crippen molar-refractivity contribution in [3.05, 3.63) is 0 Å². The van der Waals surface area contributed by atoms with Gasteiger partial charge < -0.3 is 4.74 Å². The van der Waals surface area contributed by atoms with Gasteiger partial charge in [0.2, 0.25) is 0 Å². The predicted octanol–water partition coefficient (Wildman–Crippen LogP) is 4.90. The first-order valence-corrected chi connectivity index (χ1v) is 11.0. The molecule has 4 saturated carbocycles. The number of ether oxygens (including phenoxy) is 1. The van der Waals surface area contributed by atoms with Gasteiger partial charge in [-0.25, -0.2) is 0 Å². The summed E-state index contributed by atoms with van der Waals surface area (Å²) in [4.78, 5) is 24.2. The maximum Gasteiger partial charge on any atom is 0.302 e. The van der Waals surface area contributed by atoms with Crippen LogP contribution in [0.25, 0.3) is 0 Å². The minimum absolute atomic E-state index is 0.0754. The number of hydrogen-bond acceptors (Lipinski definition) is 3. The number of rotatable bonds is 1. The summed E-state index contributed by atoms with van der Waals surface area (Å²) in [5, 5.41) is 0. The number of alkyl halides is 1. The van der Waals surface area contributed by atoms with E-state index >= 15 is 0 Å². The Morgan fingerprint density at radius 1 is 1.08 bits per heavy atom. The average Bonchev–Trinajstić information content (AvgIpc) is 2.78. The number of carbonyl (C=O) groups is 2. The summed E-state index contributed by atoms with van der Waals surface area (Å²) < 4.78 is 5.54. The zero-order valence-corrected chi connectivity index (χ0v) is 17.3. The number of halogens is 1. The Morgan fingerprint density at radius 3 is 2.56 bits per heavy atom. The molecule has 0 unspecified atom stereocenters. The molecule has 0 aromatic carbocycles. The third kappa shape index (κ3) is 2.64. The molecule has 0 aromatic rings. The molecule has 4 heteroatoms. The van der Waals surface area contributed by atoms with E-state index in [0.717, 1.165) is 31.6 Å². The van der Waals surface area contributed by atoms with Crippen molar-refractivity contribution in [3.8, 4) is 0 Å². The van der Waals surface area contributed by atoms with E-state index in [1.165, 1.54) is 32.6 Å². The minimum atomic E-state index is -0.136. The summed E-state index contributed by atoms with van der Waals surface area (Å²) in [5.74, 6) is 3.01. The van der Waals surface area contributed by atoms with Crippen LogP contribution in [-0.2, 0) is 14.3 Å². The van der Waals surface area contributed by atoms with Crippen molar-refractivity contribution >= 4 is 27.7 Å². The Labute approximate surface area is 159 Å². The molecular formula is C21H31BrO3. The summed E-state index contributed by atoms with van der Waals surface area (Å²) >= 11 is 3.66. The van der Waals surface area contributed by atoms with Gasteiger partial charge in [-0.2, -0.15) is 0 Å². The van der Waals surface area contributed by atoms with E-state index in [1.54, 1.807) is 0 Å². The molecule has 4 fully saturated rings. The smallest absolute Gasteiger partial charge is 0.302 e. The third-order valence-electron chi connectivity index (χ3n) is 8.65. The molecule has 4 aliphatic carbocycles. The molecule has 0 aliphatic heterocycles. The van der Waals surface area contributed by atoms with Crippen LogP contribution in [0.2, 0.25) is 0 Å². The normalized spacial score (nSPS) is 52.1. The fourth-order valence-corrected chi connectivity index (χ4v) is 8.23. The molecule has 3 nitrogen and oxygen atoms in total. The van der Waals surface area contributed by atoms with Gasteiger partial charge in [-0.1, -0.05) is 29.8 Å². The molecule has 0 amide bonds. The van der Waals surface area contributed by atoms with Crippen LogP contribution in [-0.4, -0.2) is 22.7 Å². The first-order chi connectivity index (χ1) is 11.8. The lowest BCUT2D eigenvalue weighted by Gasteiger charge is -2.60. The van der Waals surface area contributed by atoms with Gasteiger partial charge in [0.15, 0.2) is 5.78 Å². The SMILES string of the molecule is CC(=O)O[C@H]1CC[C@@]2(C)[C@@H](CC[C@@H]3[C@@H]2CC[C@]2(C)C(=O)[C@@H](Br)C[C@@H]32)C1. The lowest BCUT2D eigenvalue weighted by atomic mass is 9.45. The van der Waals surface area contributed by atoms with Crippen LogP contribution in [0.15, 0.2) is 0 Å². The molecule has 8 atom stereocenters. The molecule has 0 aromatic heterocycles. The number of Topliss-reactive ketones (excluding diaryl/α,β-unsaturated/α-hetero) is 1. The summed E-state index contributed by atoms with van der Waals surface area (Å²) in [6, 6.07) is 0. The van der Waals surface area contributed by atoms with E-state index in [9.17, 15) is 9.59 Å². The number of esters is 1. The van der Waals surface area contributed by atoms with Gasteiger partial charge in [0.05, 0.1) is 4.83 Å². The Kier molecular flexibility index (Phi) is 4.37. The Balaban J connectivity index is 1.55. The van der Waals surface area contributed by atoms with Crippen molar-refractivity contribution in [3.63, 3.8) is 0 Å². The number of hydrogen-bond donors (Lipinski definition) is 0. The fourth-order valence-electron chi connectivity index (χ4n) is 7.31. The zero-order valence-electron chi connectivity index (χ0n) is 15.7. The topological polar surface area (TPSA) is 43.4 Å².